The van der Waals surface area contributed by atoms with E-state index in [-0.39, 0.29) is 18.5 Å². The first kappa shape index (κ1) is 71.1. The Balaban J connectivity index is 3.45. The number of esters is 1. The zero-order chi connectivity index (χ0) is 52.9. The molecule has 3 N–H and O–H groups in total. The Morgan fingerprint density at radius 3 is 1.07 bits per heavy atom. The molecular weight excluding hydrogens is 899 g/mol. The van der Waals surface area contributed by atoms with Crippen LogP contribution in [0.1, 0.15) is 354 Å². The number of ether oxygens (including phenoxy) is 1. The van der Waals surface area contributed by atoms with Gasteiger partial charge in [-0.1, -0.05) is 294 Å². The molecule has 0 aromatic heterocycles. The van der Waals surface area contributed by atoms with Gasteiger partial charge in [-0.2, -0.15) is 0 Å². The highest BCUT2D eigenvalue weighted by Gasteiger charge is 2.20. The zero-order valence-electron chi connectivity index (χ0n) is 49.1. The first-order chi connectivity index (χ1) is 36.0. The van der Waals surface area contributed by atoms with Gasteiger partial charge < -0.3 is 20.3 Å². The summed E-state index contributed by atoms with van der Waals surface area (Å²) in [5.74, 6) is -0.0528. The topological polar surface area (TPSA) is 95.9 Å². The molecule has 0 aliphatic rings. The molecule has 0 saturated carbocycles. The van der Waals surface area contributed by atoms with Crippen LogP contribution in [0.4, 0.5) is 0 Å². The summed E-state index contributed by atoms with van der Waals surface area (Å²) in [5, 5.41) is 23.4. The number of hydrogen-bond donors (Lipinski definition) is 3. The first-order valence-electron chi connectivity index (χ1n) is 32.7. The Morgan fingerprint density at radius 2 is 0.685 bits per heavy atom. The van der Waals surface area contributed by atoms with E-state index in [1.807, 2.05) is 0 Å². The molecule has 0 saturated heterocycles. The number of nitrogens with one attached hydrogen (secondary N) is 1. The monoisotopic (exact) mass is 1030 g/mol. The maximum absolute atomic E-state index is 12.5. The lowest BCUT2D eigenvalue weighted by atomic mass is 10.0. The molecule has 6 heteroatoms. The van der Waals surface area contributed by atoms with Gasteiger partial charge in [-0.25, -0.2) is 0 Å². The normalized spacial score (nSPS) is 12.8. The summed E-state index contributed by atoms with van der Waals surface area (Å²) in [7, 11) is 0. The Hall–Kier alpha value is -1.92. The molecule has 0 aromatic carbocycles. The Bertz CT molecular complexity index is 1180. The van der Waals surface area contributed by atoms with E-state index in [0.717, 1.165) is 64.2 Å². The maximum atomic E-state index is 12.5. The minimum absolute atomic E-state index is 0.00852. The number of unbranched alkanes of at least 4 members (excludes halogenated alkanes) is 44. The number of rotatable bonds is 61. The van der Waals surface area contributed by atoms with E-state index >= 15 is 0 Å². The molecule has 0 spiro atoms. The van der Waals surface area contributed by atoms with Crippen molar-refractivity contribution >= 4 is 11.9 Å². The van der Waals surface area contributed by atoms with Gasteiger partial charge in [0.25, 0.3) is 0 Å². The van der Waals surface area contributed by atoms with Crippen LogP contribution in [0.15, 0.2) is 36.5 Å². The molecular formula is C67H127NO5. The Morgan fingerprint density at radius 1 is 0.384 bits per heavy atom. The summed E-state index contributed by atoms with van der Waals surface area (Å²) in [5.41, 5.74) is 0. The van der Waals surface area contributed by atoms with Gasteiger partial charge >= 0.3 is 5.97 Å². The van der Waals surface area contributed by atoms with Crippen LogP contribution < -0.4 is 5.32 Å². The van der Waals surface area contributed by atoms with Gasteiger partial charge in [-0.3, -0.25) is 9.59 Å². The molecule has 0 aliphatic carbocycles. The zero-order valence-corrected chi connectivity index (χ0v) is 49.1. The van der Waals surface area contributed by atoms with E-state index in [9.17, 15) is 19.8 Å². The van der Waals surface area contributed by atoms with E-state index in [1.165, 1.54) is 257 Å². The van der Waals surface area contributed by atoms with E-state index < -0.39 is 12.1 Å². The van der Waals surface area contributed by atoms with Crippen molar-refractivity contribution in [3.05, 3.63) is 36.5 Å². The van der Waals surface area contributed by atoms with Gasteiger partial charge in [-0.05, 0) is 83.5 Å². The van der Waals surface area contributed by atoms with E-state index in [0.29, 0.717) is 25.9 Å². The van der Waals surface area contributed by atoms with Crippen molar-refractivity contribution in [1.29, 1.82) is 0 Å². The van der Waals surface area contributed by atoms with Crippen molar-refractivity contribution in [3.63, 3.8) is 0 Å². The highest BCUT2D eigenvalue weighted by molar-refractivity contribution is 5.76. The van der Waals surface area contributed by atoms with Crippen molar-refractivity contribution in [2.24, 2.45) is 0 Å². The third-order valence-corrected chi connectivity index (χ3v) is 15.2. The highest BCUT2D eigenvalue weighted by atomic mass is 16.5. The SMILES string of the molecule is CCCCCC/C=C\C/C=C\CCCCCCCCCC(=O)OCCCCCCCC/C=C\CCCCCCCCCC(=O)NC(CO)C(O)CCCCCCCCCCCCCCCCCCCCCCC. The van der Waals surface area contributed by atoms with Gasteiger partial charge in [0, 0.05) is 12.8 Å². The standard InChI is InChI=1S/C67H127NO5/c1-3-5-7-9-11-13-15-17-19-21-23-24-25-27-31-35-39-43-47-51-55-59-65(70)64(63-69)68-66(71)60-56-52-48-44-40-36-32-28-26-30-34-38-42-46-50-54-58-62-73-67(72)61-57-53-49-45-41-37-33-29-22-20-18-16-14-12-10-8-6-4-2/h14,16,20,22,26,30,64-65,69-70H,3-13,15,17-19,21,23-25,27-29,31-63H2,1-2H3,(H,68,71)/b16-14-,22-20-,30-26-. The predicted octanol–water partition coefficient (Wildman–Crippen LogP) is 20.8. The smallest absolute Gasteiger partial charge is 0.305 e. The number of amides is 1. The number of aliphatic hydroxyl groups excluding tert-OH is 2. The van der Waals surface area contributed by atoms with Gasteiger partial charge in [-0.15, -0.1) is 0 Å². The molecule has 0 radical (unpaired) electrons. The molecule has 6 nitrogen and oxygen atoms in total. The summed E-state index contributed by atoms with van der Waals surface area (Å²) in [4.78, 5) is 24.6. The van der Waals surface area contributed by atoms with Crippen LogP contribution >= 0.6 is 0 Å². The Labute approximate surface area is 455 Å². The number of aliphatic hydroxyl groups is 2. The van der Waals surface area contributed by atoms with Crippen LogP contribution in [-0.4, -0.2) is 47.4 Å². The number of hydrogen-bond acceptors (Lipinski definition) is 5. The average Bonchev–Trinajstić information content (AvgIpc) is 3.39. The highest BCUT2D eigenvalue weighted by Crippen LogP contribution is 2.18. The molecule has 2 atom stereocenters. The molecule has 0 fully saturated rings. The number of carbonyl (C=O) groups excluding carboxylic acids is 2. The average molecular weight is 1030 g/mol. The second kappa shape index (κ2) is 62.6. The minimum Gasteiger partial charge on any atom is -0.466 e. The van der Waals surface area contributed by atoms with Gasteiger partial charge in [0.1, 0.15) is 0 Å². The predicted molar refractivity (Wildman–Crippen MR) is 319 cm³/mol. The third kappa shape index (κ3) is 59.2. The second-order valence-electron chi connectivity index (χ2n) is 22.4. The van der Waals surface area contributed by atoms with Crippen molar-refractivity contribution < 1.29 is 24.5 Å². The fourth-order valence-corrected chi connectivity index (χ4v) is 10.1. The molecule has 0 bridgehead atoms. The van der Waals surface area contributed by atoms with Gasteiger partial charge in [0.15, 0.2) is 0 Å². The Kier molecular flexibility index (Phi) is 61.0. The molecule has 2 unspecified atom stereocenters. The van der Waals surface area contributed by atoms with Crippen LogP contribution in [0.5, 0.6) is 0 Å². The van der Waals surface area contributed by atoms with Crippen LogP contribution in [0.3, 0.4) is 0 Å². The van der Waals surface area contributed by atoms with Crippen LogP contribution in [0.25, 0.3) is 0 Å². The summed E-state index contributed by atoms with van der Waals surface area (Å²) in [6, 6.07) is -0.552. The fourth-order valence-electron chi connectivity index (χ4n) is 10.1. The molecule has 0 heterocycles. The van der Waals surface area contributed by atoms with E-state index in [1.54, 1.807) is 0 Å². The fraction of sp³-hybridized carbons (Fsp3) is 0.881. The van der Waals surface area contributed by atoms with Crippen molar-refractivity contribution in [3.8, 4) is 0 Å². The van der Waals surface area contributed by atoms with E-state index in [2.05, 4.69) is 55.6 Å². The second-order valence-corrected chi connectivity index (χ2v) is 22.4. The summed E-state index contributed by atoms with van der Waals surface area (Å²) >= 11 is 0. The lowest BCUT2D eigenvalue weighted by Gasteiger charge is -2.22. The number of allylic oxidation sites excluding steroid dienone is 6. The van der Waals surface area contributed by atoms with E-state index in [4.69, 9.17) is 4.74 Å². The summed E-state index contributed by atoms with van der Waals surface area (Å²) in [6.45, 7) is 4.94. The quantitative estimate of drug-likeness (QED) is 0.0320. The molecule has 0 aliphatic heterocycles. The largest absolute Gasteiger partial charge is 0.466 e. The van der Waals surface area contributed by atoms with Crippen LogP contribution in [0.2, 0.25) is 0 Å². The first-order valence-corrected chi connectivity index (χ1v) is 32.7. The lowest BCUT2D eigenvalue weighted by Crippen LogP contribution is -2.45. The van der Waals surface area contributed by atoms with Gasteiger partial charge in [0.05, 0.1) is 25.4 Å². The number of carbonyl (C=O) groups is 2. The van der Waals surface area contributed by atoms with Gasteiger partial charge in [0.2, 0.25) is 5.91 Å². The third-order valence-electron chi connectivity index (χ3n) is 15.2. The molecule has 1 amide bonds. The van der Waals surface area contributed by atoms with Crippen LogP contribution in [0, 0.1) is 0 Å². The molecule has 0 rings (SSSR count). The van der Waals surface area contributed by atoms with Crippen molar-refractivity contribution in [2.45, 2.75) is 366 Å². The molecule has 430 valence electrons. The molecule has 0 aromatic rings. The van der Waals surface area contributed by atoms with Crippen molar-refractivity contribution in [1.82, 2.24) is 5.32 Å². The molecule has 73 heavy (non-hydrogen) atoms. The van der Waals surface area contributed by atoms with Crippen molar-refractivity contribution in [2.75, 3.05) is 13.2 Å². The minimum atomic E-state index is -0.674. The summed E-state index contributed by atoms with van der Waals surface area (Å²) in [6.07, 6.45) is 78.7. The lowest BCUT2D eigenvalue weighted by molar-refractivity contribution is -0.143. The maximum Gasteiger partial charge on any atom is 0.305 e. The van der Waals surface area contributed by atoms with Crippen LogP contribution in [-0.2, 0) is 14.3 Å². The summed E-state index contributed by atoms with van der Waals surface area (Å²) < 4.78 is 5.48.